The maximum Gasteiger partial charge on any atom is 0.145 e. The van der Waals surface area contributed by atoms with Crippen LogP contribution in [0.1, 0.15) is 23.3 Å². The summed E-state index contributed by atoms with van der Waals surface area (Å²) in [5, 5.41) is 12.0. The van der Waals surface area contributed by atoms with Gasteiger partial charge in [0.05, 0.1) is 7.05 Å². The van der Waals surface area contributed by atoms with E-state index in [1.807, 2.05) is 18.2 Å². The van der Waals surface area contributed by atoms with E-state index < -0.39 is 6.10 Å². The maximum atomic E-state index is 11.3. The number of hydrogen-bond acceptors (Lipinski definition) is 2. The molecule has 0 unspecified atom stereocenters. The van der Waals surface area contributed by atoms with Crippen LogP contribution >= 0.6 is 23.4 Å². The molecule has 2 aromatic carbocycles. The fourth-order valence-corrected chi connectivity index (χ4v) is 5.20. The Morgan fingerprint density at radius 3 is 2.50 bits per heavy atom. The summed E-state index contributed by atoms with van der Waals surface area (Å²) in [6, 6.07) is 14.4. The summed E-state index contributed by atoms with van der Waals surface area (Å²) < 4.78 is 0. The van der Waals surface area contributed by atoms with Gasteiger partial charge in [0.2, 0.25) is 0 Å². The van der Waals surface area contributed by atoms with Crippen LogP contribution in [-0.2, 0) is 0 Å². The highest BCUT2D eigenvalue weighted by Crippen LogP contribution is 2.45. The van der Waals surface area contributed by atoms with Gasteiger partial charge in [0.25, 0.3) is 0 Å². The van der Waals surface area contributed by atoms with E-state index in [9.17, 15) is 5.11 Å². The summed E-state index contributed by atoms with van der Waals surface area (Å²) in [5.74, 6) is 0. The summed E-state index contributed by atoms with van der Waals surface area (Å²) in [7, 11) is 2.25. The zero-order valence-electron chi connectivity index (χ0n) is 13.8. The first-order chi connectivity index (χ1) is 11.6. The first-order valence-electron chi connectivity index (χ1n) is 8.53. The van der Waals surface area contributed by atoms with Crippen LogP contribution < -0.4 is 9.80 Å². The molecular formula is C19H23ClN2OS+2. The molecule has 2 aromatic rings. The zero-order chi connectivity index (χ0) is 16.7. The Labute approximate surface area is 152 Å². The van der Waals surface area contributed by atoms with E-state index in [1.165, 1.54) is 15.4 Å². The predicted molar refractivity (Wildman–Crippen MR) is 97.0 cm³/mol. The molecule has 5 heteroatoms. The fourth-order valence-electron chi connectivity index (χ4n) is 3.89. The second-order valence-corrected chi connectivity index (χ2v) is 8.38. The lowest BCUT2D eigenvalue weighted by Gasteiger charge is -2.35. The van der Waals surface area contributed by atoms with E-state index in [1.54, 1.807) is 16.7 Å². The van der Waals surface area contributed by atoms with Gasteiger partial charge in [0.1, 0.15) is 38.3 Å². The highest BCUT2D eigenvalue weighted by molar-refractivity contribution is 7.99. The van der Waals surface area contributed by atoms with Crippen molar-refractivity contribution in [2.75, 3.05) is 33.2 Å². The zero-order valence-corrected chi connectivity index (χ0v) is 15.3. The third-order valence-corrected chi connectivity index (χ3v) is 6.68. The van der Waals surface area contributed by atoms with Crippen molar-refractivity contribution in [1.29, 1.82) is 0 Å². The molecule has 0 spiro atoms. The molecule has 1 fully saturated rings. The lowest BCUT2D eigenvalue weighted by molar-refractivity contribution is -1.02. The molecule has 0 aliphatic carbocycles. The molecule has 2 aliphatic rings. The normalized spacial score (nSPS) is 29.5. The molecule has 2 aliphatic heterocycles. The minimum atomic E-state index is -0.498. The lowest BCUT2D eigenvalue weighted by atomic mass is 9.94. The van der Waals surface area contributed by atoms with Crippen molar-refractivity contribution in [3.05, 3.63) is 58.6 Å². The Hall–Kier alpha value is -1.04. The van der Waals surface area contributed by atoms with Gasteiger partial charge >= 0.3 is 0 Å². The number of nitrogens with one attached hydrogen (secondary N) is 2. The minimum absolute atomic E-state index is 0.0444. The van der Waals surface area contributed by atoms with Crippen molar-refractivity contribution < 1.29 is 14.9 Å². The molecular weight excluding hydrogens is 340 g/mol. The first kappa shape index (κ1) is 16.4. The predicted octanol–water partition coefficient (Wildman–Crippen LogP) is 0.993. The number of likely N-dealkylation sites (N-methyl/N-ethyl adjacent to an activating group) is 1. The van der Waals surface area contributed by atoms with Gasteiger partial charge in [0, 0.05) is 25.9 Å². The molecule has 0 amide bonds. The average Bonchev–Trinajstić information content (AvgIpc) is 2.70. The number of hydrogen-bond donors (Lipinski definition) is 3. The molecule has 0 saturated carbocycles. The summed E-state index contributed by atoms with van der Waals surface area (Å²) in [4.78, 5) is 5.40. The summed E-state index contributed by atoms with van der Waals surface area (Å²) in [5.41, 5.74) is 2.23. The van der Waals surface area contributed by atoms with Crippen LogP contribution in [0.5, 0.6) is 0 Å². The minimum Gasteiger partial charge on any atom is -0.382 e. The van der Waals surface area contributed by atoms with Crippen LogP contribution in [0.15, 0.2) is 52.3 Å². The third kappa shape index (κ3) is 2.98. The first-order valence-corrected chi connectivity index (χ1v) is 9.73. The Balaban J connectivity index is 1.82. The molecule has 3 nitrogen and oxygen atoms in total. The van der Waals surface area contributed by atoms with E-state index in [4.69, 9.17) is 11.6 Å². The van der Waals surface area contributed by atoms with Crippen LogP contribution in [0.3, 0.4) is 0 Å². The van der Waals surface area contributed by atoms with E-state index in [2.05, 4.69) is 31.3 Å². The molecule has 0 radical (unpaired) electrons. The van der Waals surface area contributed by atoms with Gasteiger partial charge in [-0.2, -0.15) is 0 Å². The number of piperazine rings is 1. The quantitative estimate of drug-likeness (QED) is 0.706. The van der Waals surface area contributed by atoms with Gasteiger partial charge in [-0.15, -0.1) is 0 Å². The highest BCUT2D eigenvalue weighted by atomic mass is 35.5. The molecule has 3 N–H and O–H groups in total. The monoisotopic (exact) mass is 362 g/mol. The van der Waals surface area contributed by atoms with Crippen molar-refractivity contribution in [1.82, 2.24) is 0 Å². The van der Waals surface area contributed by atoms with Crippen molar-refractivity contribution in [2.45, 2.75) is 21.9 Å². The van der Waals surface area contributed by atoms with E-state index in [0.29, 0.717) is 0 Å². The van der Waals surface area contributed by atoms with Crippen molar-refractivity contribution in [3.63, 3.8) is 0 Å². The largest absolute Gasteiger partial charge is 0.382 e. The number of benzene rings is 2. The second-order valence-electron chi connectivity index (χ2n) is 6.86. The molecule has 126 valence electrons. The average molecular weight is 363 g/mol. The van der Waals surface area contributed by atoms with Crippen LogP contribution in [-0.4, -0.2) is 38.3 Å². The summed E-state index contributed by atoms with van der Waals surface area (Å²) >= 11 is 8.06. The van der Waals surface area contributed by atoms with Gasteiger partial charge in [-0.05, 0) is 24.3 Å². The molecule has 24 heavy (non-hydrogen) atoms. The van der Waals surface area contributed by atoms with Gasteiger partial charge < -0.3 is 14.9 Å². The van der Waals surface area contributed by atoms with Crippen LogP contribution in [0, 0.1) is 0 Å². The van der Waals surface area contributed by atoms with Crippen molar-refractivity contribution in [3.8, 4) is 0 Å². The third-order valence-electron chi connectivity index (χ3n) is 5.27. The van der Waals surface area contributed by atoms with Gasteiger partial charge in [-0.1, -0.05) is 41.6 Å². The van der Waals surface area contributed by atoms with E-state index >= 15 is 0 Å². The molecule has 4 rings (SSSR count). The van der Waals surface area contributed by atoms with Gasteiger partial charge in [0.15, 0.2) is 0 Å². The number of aliphatic hydroxyl groups is 1. The summed E-state index contributed by atoms with van der Waals surface area (Å²) in [6.07, 6.45) is -0.498. The lowest BCUT2D eigenvalue weighted by Crippen LogP contribution is -3.27. The topological polar surface area (TPSA) is 29.1 Å². The van der Waals surface area contributed by atoms with Crippen molar-refractivity contribution in [2.24, 2.45) is 0 Å². The van der Waals surface area contributed by atoms with E-state index in [0.717, 1.165) is 41.7 Å². The Bertz CT molecular complexity index is 746. The molecule has 2 atom stereocenters. The SMILES string of the molecule is C[NH+]1CC[NH+]([C@@H]2c3cc(Cl)ccc3Sc3ccccc3[C@@H]2O)CC1. The summed E-state index contributed by atoms with van der Waals surface area (Å²) in [6.45, 7) is 4.44. The van der Waals surface area contributed by atoms with Crippen molar-refractivity contribution >= 4 is 23.4 Å². The number of rotatable bonds is 1. The smallest absolute Gasteiger partial charge is 0.145 e. The highest BCUT2D eigenvalue weighted by Gasteiger charge is 2.39. The number of fused-ring (bicyclic) bond motifs is 2. The molecule has 0 bridgehead atoms. The molecule has 1 saturated heterocycles. The van der Waals surface area contributed by atoms with Gasteiger partial charge in [-0.25, -0.2) is 0 Å². The standard InChI is InChI=1S/C19H21ClN2OS/c1-21-8-10-22(11-9-21)18-15-12-13(20)6-7-17(15)24-16-5-3-2-4-14(16)19(18)23/h2-7,12,18-19,23H,8-11H2,1H3/p+2/t18-,19+/m1/s1. The number of aliphatic hydroxyl groups excluding tert-OH is 1. The Morgan fingerprint density at radius 1 is 1.00 bits per heavy atom. The molecule has 2 heterocycles. The Kier molecular flexibility index (Phi) is 4.58. The molecule has 0 aromatic heterocycles. The maximum absolute atomic E-state index is 11.3. The number of quaternary nitrogens is 2. The van der Waals surface area contributed by atoms with Gasteiger partial charge in [-0.3, -0.25) is 0 Å². The second kappa shape index (κ2) is 6.70. The van der Waals surface area contributed by atoms with E-state index in [-0.39, 0.29) is 6.04 Å². The van der Waals surface area contributed by atoms with Crippen LogP contribution in [0.25, 0.3) is 0 Å². The number of halogens is 1. The van der Waals surface area contributed by atoms with Crippen LogP contribution in [0.4, 0.5) is 0 Å². The van der Waals surface area contributed by atoms with Crippen LogP contribution in [0.2, 0.25) is 5.02 Å². The fraction of sp³-hybridized carbons (Fsp3) is 0.368. The Morgan fingerprint density at radius 2 is 1.71 bits per heavy atom.